The molecule has 0 aliphatic carbocycles. The molecule has 0 unspecified atom stereocenters. The summed E-state index contributed by atoms with van der Waals surface area (Å²) in [5.41, 5.74) is 1.35. The standard InChI is InChI=1S/C21H18N4O5/c1-30-17-12-6-14(7-13-17)20(26)22-15-8-10-16(11-9-15)23-21(27)24-18-4-2-3-5-19(18)25(28)29/h2-13H,1H3,(H,22,26)(H2,23,24,27). The third-order valence-electron chi connectivity index (χ3n) is 4.10. The van der Waals surface area contributed by atoms with Gasteiger partial charge in [-0.1, -0.05) is 12.1 Å². The van der Waals surface area contributed by atoms with Gasteiger partial charge in [0, 0.05) is 23.0 Å². The second-order valence-electron chi connectivity index (χ2n) is 6.11. The van der Waals surface area contributed by atoms with Crippen LogP contribution in [0.1, 0.15) is 10.4 Å². The molecule has 3 aromatic carbocycles. The zero-order chi connectivity index (χ0) is 21.5. The lowest BCUT2D eigenvalue weighted by atomic mass is 10.2. The van der Waals surface area contributed by atoms with Crippen molar-refractivity contribution in [2.45, 2.75) is 0 Å². The molecular weight excluding hydrogens is 388 g/mol. The molecule has 152 valence electrons. The number of carbonyl (C=O) groups excluding carboxylic acids is 2. The lowest BCUT2D eigenvalue weighted by molar-refractivity contribution is -0.383. The van der Waals surface area contributed by atoms with Gasteiger partial charge in [-0.15, -0.1) is 0 Å². The highest BCUT2D eigenvalue weighted by molar-refractivity contribution is 6.05. The van der Waals surface area contributed by atoms with E-state index in [1.807, 2.05) is 0 Å². The zero-order valence-corrected chi connectivity index (χ0v) is 15.9. The third-order valence-corrected chi connectivity index (χ3v) is 4.10. The molecule has 0 radical (unpaired) electrons. The number of rotatable bonds is 6. The van der Waals surface area contributed by atoms with E-state index in [1.165, 1.54) is 18.2 Å². The van der Waals surface area contributed by atoms with Crippen molar-refractivity contribution in [3.8, 4) is 5.75 Å². The van der Waals surface area contributed by atoms with Crippen molar-refractivity contribution >= 4 is 34.7 Å². The van der Waals surface area contributed by atoms with Crippen molar-refractivity contribution in [2.24, 2.45) is 0 Å². The Morgan fingerprint density at radius 2 is 1.43 bits per heavy atom. The van der Waals surface area contributed by atoms with Gasteiger partial charge in [0.25, 0.3) is 11.6 Å². The molecule has 0 atom stereocenters. The van der Waals surface area contributed by atoms with Gasteiger partial charge >= 0.3 is 6.03 Å². The van der Waals surface area contributed by atoms with Crippen molar-refractivity contribution in [3.63, 3.8) is 0 Å². The Labute approximate surface area is 171 Å². The van der Waals surface area contributed by atoms with Crippen LogP contribution in [0.25, 0.3) is 0 Å². The molecule has 9 nitrogen and oxygen atoms in total. The van der Waals surface area contributed by atoms with Gasteiger partial charge in [-0.05, 0) is 54.6 Å². The van der Waals surface area contributed by atoms with Gasteiger partial charge in [-0.3, -0.25) is 14.9 Å². The summed E-state index contributed by atoms with van der Waals surface area (Å²) in [5, 5.41) is 18.8. The van der Waals surface area contributed by atoms with Gasteiger partial charge in [0.1, 0.15) is 11.4 Å². The molecule has 0 aliphatic rings. The maximum absolute atomic E-state index is 12.3. The van der Waals surface area contributed by atoms with Crippen LogP contribution in [0.2, 0.25) is 0 Å². The molecule has 3 amide bonds. The van der Waals surface area contributed by atoms with Crippen molar-refractivity contribution < 1.29 is 19.2 Å². The summed E-state index contributed by atoms with van der Waals surface area (Å²) in [6.45, 7) is 0. The summed E-state index contributed by atoms with van der Waals surface area (Å²) in [6.07, 6.45) is 0. The maximum atomic E-state index is 12.3. The quantitative estimate of drug-likeness (QED) is 0.411. The lowest BCUT2D eigenvalue weighted by Gasteiger charge is -2.10. The van der Waals surface area contributed by atoms with E-state index < -0.39 is 11.0 Å². The first-order chi connectivity index (χ1) is 14.5. The number of nitrogens with one attached hydrogen (secondary N) is 3. The minimum atomic E-state index is -0.626. The van der Waals surface area contributed by atoms with Gasteiger partial charge in [0.15, 0.2) is 0 Å². The molecule has 30 heavy (non-hydrogen) atoms. The van der Waals surface area contributed by atoms with Crippen LogP contribution < -0.4 is 20.7 Å². The number of urea groups is 1. The predicted molar refractivity (Wildman–Crippen MR) is 113 cm³/mol. The molecule has 3 aromatic rings. The van der Waals surface area contributed by atoms with Crippen LogP contribution in [-0.2, 0) is 0 Å². The van der Waals surface area contributed by atoms with Gasteiger partial charge in [0.05, 0.1) is 12.0 Å². The smallest absolute Gasteiger partial charge is 0.323 e. The molecule has 0 saturated carbocycles. The lowest BCUT2D eigenvalue weighted by Crippen LogP contribution is -2.20. The van der Waals surface area contributed by atoms with E-state index in [0.717, 1.165) is 0 Å². The number of nitro benzene ring substituents is 1. The largest absolute Gasteiger partial charge is 0.497 e. The number of amides is 3. The first kappa shape index (κ1) is 20.3. The number of nitrogens with zero attached hydrogens (tertiary/aromatic N) is 1. The molecule has 3 N–H and O–H groups in total. The van der Waals surface area contributed by atoms with Crippen LogP contribution in [0.4, 0.5) is 27.5 Å². The van der Waals surface area contributed by atoms with E-state index in [2.05, 4.69) is 16.0 Å². The van der Waals surface area contributed by atoms with Crippen molar-refractivity contribution in [3.05, 3.63) is 88.5 Å². The Bertz CT molecular complexity index is 1070. The van der Waals surface area contributed by atoms with Crippen LogP contribution in [0.3, 0.4) is 0 Å². The Morgan fingerprint density at radius 1 is 0.833 bits per heavy atom. The maximum Gasteiger partial charge on any atom is 0.323 e. The predicted octanol–water partition coefficient (Wildman–Crippen LogP) is 4.50. The minimum Gasteiger partial charge on any atom is -0.497 e. The molecule has 9 heteroatoms. The highest BCUT2D eigenvalue weighted by atomic mass is 16.6. The Morgan fingerprint density at radius 3 is 2.03 bits per heavy atom. The molecule has 0 heterocycles. The van der Waals surface area contributed by atoms with Crippen LogP contribution in [-0.4, -0.2) is 24.0 Å². The average molecular weight is 406 g/mol. The van der Waals surface area contributed by atoms with Crippen LogP contribution in [0.5, 0.6) is 5.75 Å². The number of para-hydroxylation sites is 2. The fraction of sp³-hybridized carbons (Fsp3) is 0.0476. The molecular formula is C21H18N4O5. The number of nitro groups is 1. The van der Waals surface area contributed by atoms with E-state index in [9.17, 15) is 19.7 Å². The molecule has 0 bridgehead atoms. The number of benzene rings is 3. The van der Waals surface area contributed by atoms with Gasteiger partial charge in [0.2, 0.25) is 0 Å². The van der Waals surface area contributed by atoms with E-state index in [4.69, 9.17) is 4.74 Å². The number of anilines is 3. The highest BCUT2D eigenvalue weighted by Gasteiger charge is 2.14. The summed E-state index contributed by atoms with van der Waals surface area (Å²) in [4.78, 5) is 34.9. The SMILES string of the molecule is COc1ccc(C(=O)Nc2ccc(NC(=O)Nc3ccccc3[N+](=O)[O-])cc2)cc1. The molecule has 0 aliphatic heterocycles. The fourth-order valence-electron chi connectivity index (χ4n) is 2.61. The molecule has 3 rings (SSSR count). The second kappa shape index (κ2) is 9.20. The minimum absolute atomic E-state index is 0.0865. The summed E-state index contributed by atoms with van der Waals surface area (Å²) < 4.78 is 5.06. The number of hydrogen-bond acceptors (Lipinski definition) is 5. The zero-order valence-electron chi connectivity index (χ0n) is 15.9. The van der Waals surface area contributed by atoms with Gasteiger partial charge < -0.3 is 20.7 Å². The monoisotopic (exact) mass is 406 g/mol. The molecule has 0 fully saturated rings. The van der Waals surface area contributed by atoms with E-state index in [0.29, 0.717) is 22.7 Å². The fourth-order valence-corrected chi connectivity index (χ4v) is 2.61. The average Bonchev–Trinajstić information content (AvgIpc) is 2.75. The van der Waals surface area contributed by atoms with E-state index >= 15 is 0 Å². The van der Waals surface area contributed by atoms with E-state index in [-0.39, 0.29) is 17.3 Å². The van der Waals surface area contributed by atoms with Crippen LogP contribution in [0, 0.1) is 10.1 Å². The first-order valence-corrected chi connectivity index (χ1v) is 8.83. The Balaban J connectivity index is 1.59. The number of ether oxygens (including phenoxy) is 1. The summed E-state index contributed by atoms with van der Waals surface area (Å²) in [6, 6.07) is 18.4. The number of carbonyl (C=O) groups is 2. The third kappa shape index (κ3) is 5.10. The first-order valence-electron chi connectivity index (χ1n) is 8.83. The topological polar surface area (TPSA) is 123 Å². The number of hydrogen-bond donors (Lipinski definition) is 3. The molecule has 0 spiro atoms. The summed E-state index contributed by atoms with van der Waals surface area (Å²) >= 11 is 0. The molecule has 0 saturated heterocycles. The second-order valence-corrected chi connectivity index (χ2v) is 6.11. The van der Waals surface area contributed by atoms with Crippen molar-refractivity contribution in [1.29, 1.82) is 0 Å². The van der Waals surface area contributed by atoms with E-state index in [1.54, 1.807) is 61.7 Å². The highest BCUT2D eigenvalue weighted by Crippen LogP contribution is 2.23. The van der Waals surface area contributed by atoms with Crippen molar-refractivity contribution in [1.82, 2.24) is 0 Å². The molecule has 0 aromatic heterocycles. The van der Waals surface area contributed by atoms with Crippen molar-refractivity contribution in [2.75, 3.05) is 23.1 Å². The summed E-state index contributed by atoms with van der Waals surface area (Å²) in [5.74, 6) is 0.369. The van der Waals surface area contributed by atoms with Crippen LogP contribution >= 0.6 is 0 Å². The van der Waals surface area contributed by atoms with Crippen LogP contribution in [0.15, 0.2) is 72.8 Å². The Kier molecular flexibility index (Phi) is 6.23. The van der Waals surface area contributed by atoms with Gasteiger partial charge in [-0.25, -0.2) is 4.79 Å². The summed E-state index contributed by atoms with van der Waals surface area (Å²) in [7, 11) is 1.55. The normalized spacial score (nSPS) is 10.0. The van der Waals surface area contributed by atoms with Gasteiger partial charge in [-0.2, -0.15) is 0 Å². The number of methoxy groups -OCH3 is 1. The Hall–Kier alpha value is -4.40.